The lowest BCUT2D eigenvalue weighted by molar-refractivity contribution is -0.870. The van der Waals surface area contributed by atoms with Gasteiger partial charge in [0.1, 0.15) is 19.3 Å². The van der Waals surface area contributed by atoms with Gasteiger partial charge in [-0.05, 0) is 76.7 Å². The van der Waals surface area contributed by atoms with Gasteiger partial charge in [0, 0.05) is 12.8 Å². The molecule has 0 rings (SSSR count). The second kappa shape index (κ2) is 54.1. The van der Waals surface area contributed by atoms with Crippen LogP contribution in [-0.4, -0.2) is 74.3 Å². The van der Waals surface area contributed by atoms with Crippen LogP contribution < -0.4 is 5.32 Å². The van der Waals surface area contributed by atoms with Crippen molar-refractivity contribution in [2.45, 2.75) is 296 Å². The third-order valence-electron chi connectivity index (χ3n) is 13.7. The molecule has 0 aliphatic rings. The number of rotatable bonds is 56. The van der Waals surface area contributed by atoms with Gasteiger partial charge in [-0.1, -0.05) is 255 Å². The van der Waals surface area contributed by atoms with Crippen LogP contribution in [0.25, 0.3) is 0 Å². The number of carbonyl (C=O) groups excluding carboxylic acids is 2. The molecule has 0 saturated carbocycles. The molecule has 432 valence electrons. The fourth-order valence-electron chi connectivity index (χ4n) is 8.87. The number of ether oxygens (including phenoxy) is 1. The van der Waals surface area contributed by atoms with Crippen molar-refractivity contribution in [2.75, 3.05) is 40.9 Å². The minimum absolute atomic E-state index is 0.0393. The van der Waals surface area contributed by atoms with Crippen molar-refractivity contribution in [1.29, 1.82) is 0 Å². The molecule has 3 atom stereocenters. The van der Waals surface area contributed by atoms with Crippen molar-refractivity contribution in [3.8, 4) is 0 Å². The molecule has 0 aliphatic carbocycles. The third-order valence-corrected chi connectivity index (χ3v) is 14.7. The van der Waals surface area contributed by atoms with Crippen molar-refractivity contribution in [3.63, 3.8) is 0 Å². The van der Waals surface area contributed by atoms with E-state index in [-0.39, 0.29) is 31.5 Å². The number of allylic oxidation sites excluding steroid dienone is 9. The Hall–Kier alpha value is -2.29. The number of hydrogen-bond donors (Lipinski definition) is 2. The number of esters is 1. The van der Waals surface area contributed by atoms with Crippen molar-refractivity contribution in [1.82, 2.24) is 5.32 Å². The number of quaternary nitrogens is 1. The molecule has 9 nitrogen and oxygen atoms in total. The second-order valence-electron chi connectivity index (χ2n) is 22.2. The lowest BCUT2D eigenvalue weighted by atomic mass is 10.0. The van der Waals surface area contributed by atoms with E-state index in [1.807, 2.05) is 33.3 Å². The predicted molar refractivity (Wildman–Crippen MR) is 318 cm³/mol. The first-order valence-electron chi connectivity index (χ1n) is 31.1. The summed E-state index contributed by atoms with van der Waals surface area (Å²) in [5.41, 5.74) is 0. The highest BCUT2D eigenvalue weighted by molar-refractivity contribution is 7.47. The minimum Gasteiger partial charge on any atom is -0.456 e. The maximum Gasteiger partial charge on any atom is 0.472 e. The Morgan fingerprint density at radius 3 is 1.26 bits per heavy atom. The zero-order valence-electron chi connectivity index (χ0n) is 49.3. The summed E-state index contributed by atoms with van der Waals surface area (Å²) in [6.07, 6.45) is 67.9. The third kappa shape index (κ3) is 54.5. The summed E-state index contributed by atoms with van der Waals surface area (Å²) >= 11 is 0. The van der Waals surface area contributed by atoms with Crippen molar-refractivity contribution < 1.29 is 37.3 Å². The van der Waals surface area contributed by atoms with Crippen LogP contribution in [-0.2, 0) is 27.9 Å². The molecule has 0 radical (unpaired) electrons. The summed E-state index contributed by atoms with van der Waals surface area (Å²) < 4.78 is 30.6. The predicted octanol–water partition coefficient (Wildman–Crippen LogP) is 19.1. The van der Waals surface area contributed by atoms with Crippen LogP contribution in [0.4, 0.5) is 0 Å². The van der Waals surface area contributed by atoms with E-state index in [0.29, 0.717) is 17.4 Å². The monoisotopic (exact) mass is 1060 g/mol. The average molecular weight is 1060 g/mol. The SMILES string of the molecule is CCCCC/C=C\C/C=C\C/C=C\C/C=C\CCCCCCCCCCCC(=O)OC(/C=C\CCCCCCCCCCCC)C(COP(=O)(O)OCC[N+](C)(C)C)NC(=O)CCCCCCCCCCCCC. The number of phosphoric ester groups is 1. The lowest BCUT2D eigenvalue weighted by Gasteiger charge is -2.27. The molecule has 0 aliphatic heterocycles. The van der Waals surface area contributed by atoms with Crippen molar-refractivity contribution in [2.24, 2.45) is 0 Å². The van der Waals surface area contributed by atoms with Crippen molar-refractivity contribution in [3.05, 3.63) is 60.8 Å². The Balaban J connectivity index is 5.11. The van der Waals surface area contributed by atoms with Crippen LogP contribution in [0.1, 0.15) is 284 Å². The maximum absolute atomic E-state index is 13.5. The maximum atomic E-state index is 13.5. The first-order valence-corrected chi connectivity index (χ1v) is 32.6. The van der Waals surface area contributed by atoms with Gasteiger partial charge in [-0.15, -0.1) is 0 Å². The summed E-state index contributed by atoms with van der Waals surface area (Å²) in [6, 6.07) is -0.848. The Kier molecular flexibility index (Phi) is 52.4. The Morgan fingerprint density at radius 2 is 0.824 bits per heavy atom. The fraction of sp³-hybridized carbons (Fsp3) is 0.812. The van der Waals surface area contributed by atoms with Crippen LogP contribution in [0.2, 0.25) is 0 Å². The van der Waals surface area contributed by atoms with Gasteiger partial charge >= 0.3 is 13.8 Å². The summed E-state index contributed by atoms with van der Waals surface area (Å²) in [4.78, 5) is 37.6. The van der Waals surface area contributed by atoms with Gasteiger partial charge in [0.2, 0.25) is 5.91 Å². The molecular formula is C64H120N2O7P+. The van der Waals surface area contributed by atoms with E-state index in [1.54, 1.807) is 0 Å². The lowest BCUT2D eigenvalue weighted by Crippen LogP contribution is -2.47. The summed E-state index contributed by atoms with van der Waals surface area (Å²) in [5.74, 6) is -0.507. The Bertz CT molecular complexity index is 1450. The van der Waals surface area contributed by atoms with Crippen LogP contribution in [0.15, 0.2) is 60.8 Å². The number of carbonyl (C=O) groups is 2. The number of unbranched alkanes of at least 4 members (excludes halogenated alkanes) is 32. The fourth-order valence-corrected chi connectivity index (χ4v) is 9.60. The zero-order valence-corrected chi connectivity index (χ0v) is 50.2. The van der Waals surface area contributed by atoms with Gasteiger partial charge in [0.15, 0.2) is 0 Å². The highest BCUT2D eigenvalue weighted by Crippen LogP contribution is 2.43. The number of likely N-dealkylation sites (N-methyl/N-ethyl adjacent to an activating group) is 1. The van der Waals surface area contributed by atoms with E-state index in [0.717, 1.165) is 83.5 Å². The first kappa shape index (κ1) is 71.7. The molecule has 0 aromatic heterocycles. The topological polar surface area (TPSA) is 111 Å². The molecule has 0 heterocycles. The molecule has 0 aromatic carbocycles. The van der Waals surface area contributed by atoms with Gasteiger partial charge < -0.3 is 19.4 Å². The van der Waals surface area contributed by atoms with Crippen LogP contribution in [0.5, 0.6) is 0 Å². The van der Waals surface area contributed by atoms with E-state index >= 15 is 0 Å². The summed E-state index contributed by atoms with van der Waals surface area (Å²) in [6.45, 7) is 6.98. The Labute approximate surface area is 458 Å². The first-order chi connectivity index (χ1) is 35.9. The molecule has 2 N–H and O–H groups in total. The number of nitrogens with zero attached hydrogens (tertiary/aromatic N) is 1. The normalized spacial score (nSPS) is 14.1. The second-order valence-corrected chi connectivity index (χ2v) is 23.7. The average Bonchev–Trinajstić information content (AvgIpc) is 3.36. The Morgan fingerprint density at radius 1 is 0.473 bits per heavy atom. The summed E-state index contributed by atoms with van der Waals surface area (Å²) in [7, 11) is 1.50. The van der Waals surface area contributed by atoms with Crippen LogP contribution in [0.3, 0.4) is 0 Å². The highest BCUT2D eigenvalue weighted by Gasteiger charge is 2.30. The van der Waals surface area contributed by atoms with Gasteiger partial charge in [-0.2, -0.15) is 0 Å². The largest absolute Gasteiger partial charge is 0.472 e. The van der Waals surface area contributed by atoms with E-state index in [9.17, 15) is 19.0 Å². The van der Waals surface area contributed by atoms with Crippen molar-refractivity contribution >= 4 is 19.7 Å². The van der Waals surface area contributed by atoms with Crippen LogP contribution in [0, 0.1) is 0 Å². The minimum atomic E-state index is -4.44. The van der Waals surface area contributed by atoms with Gasteiger partial charge in [-0.25, -0.2) is 4.57 Å². The van der Waals surface area contributed by atoms with Crippen LogP contribution >= 0.6 is 7.82 Å². The molecule has 3 unspecified atom stereocenters. The zero-order chi connectivity index (χ0) is 54.3. The van der Waals surface area contributed by atoms with Gasteiger partial charge in [0.05, 0.1) is 33.8 Å². The van der Waals surface area contributed by atoms with E-state index in [4.69, 9.17) is 13.8 Å². The highest BCUT2D eigenvalue weighted by atomic mass is 31.2. The van der Waals surface area contributed by atoms with Gasteiger partial charge in [0.25, 0.3) is 0 Å². The molecule has 0 aromatic rings. The number of amides is 1. The molecule has 0 spiro atoms. The van der Waals surface area contributed by atoms with E-state index < -0.39 is 20.0 Å². The quantitative estimate of drug-likeness (QED) is 0.0205. The molecule has 74 heavy (non-hydrogen) atoms. The van der Waals surface area contributed by atoms with E-state index in [1.165, 1.54) is 167 Å². The molecular weight excluding hydrogens is 940 g/mol. The molecule has 0 saturated heterocycles. The van der Waals surface area contributed by atoms with Gasteiger partial charge in [-0.3, -0.25) is 18.6 Å². The molecule has 1 amide bonds. The molecule has 0 fully saturated rings. The number of nitrogens with one attached hydrogen (secondary N) is 1. The number of phosphoric acid groups is 1. The molecule has 0 bridgehead atoms. The standard InChI is InChI=1S/C64H119N2O7P/c1-7-10-13-16-19-22-25-27-28-29-30-31-32-33-34-35-36-37-38-39-42-45-48-51-54-57-64(68)73-62(55-52-49-46-43-41-26-23-20-17-14-11-8-2)61(60-72-74(69,70)71-59-58-66(4,5)6)65-63(67)56-53-50-47-44-40-24-21-18-15-12-9-3/h19,22,27-28,30-31,33-34,52,55,61-62H,7-18,20-21,23-26,29,32,35-51,53-54,56-60H2,1-6H3,(H-,65,67,69,70)/p+1/b22-19-,28-27-,31-30-,34-33-,55-52-. The van der Waals surface area contributed by atoms with E-state index in [2.05, 4.69) is 74.7 Å². The smallest absolute Gasteiger partial charge is 0.456 e. The number of hydrogen-bond acceptors (Lipinski definition) is 6. The molecule has 10 heteroatoms. The summed E-state index contributed by atoms with van der Waals surface area (Å²) in [5, 5.41) is 3.05.